The summed E-state index contributed by atoms with van der Waals surface area (Å²) >= 11 is 1.58. The molecule has 1 aromatic heterocycles. The molecule has 0 aliphatic carbocycles. The number of nitrogens with one attached hydrogen (secondary N) is 2. The van der Waals surface area contributed by atoms with Crippen molar-refractivity contribution in [1.82, 2.24) is 10.6 Å². The Labute approximate surface area is 153 Å². The van der Waals surface area contributed by atoms with Crippen molar-refractivity contribution in [2.45, 2.75) is 32.9 Å². The fraction of sp³-hybridized carbons (Fsp3) is 0.421. The zero-order valence-electron chi connectivity index (χ0n) is 15.3. The number of thiophene rings is 1. The van der Waals surface area contributed by atoms with Crippen molar-refractivity contribution < 1.29 is 9.84 Å². The minimum absolute atomic E-state index is 0.386. The van der Waals surface area contributed by atoms with Gasteiger partial charge in [0.05, 0.1) is 20.2 Å². The molecular weight excluding hydrogens is 334 g/mol. The molecule has 0 saturated carbocycles. The molecule has 25 heavy (non-hydrogen) atoms. The van der Waals surface area contributed by atoms with E-state index >= 15 is 0 Å². The number of methoxy groups -OCH3 is 1. The number of guanidine groups is 1. The summed E-state index contributed by atoms with van der Waals surface area (Å²) in [5.41, 5.74) is 2.17. The summed E-state index contributed by atoms with van der Waals surface area (Å²) in [6.45, 7) is 7.55. The molecule has 3 N–H and O–H groups in total. The van der Waals surface area contributed by atoms with Crippen LogP contribution in [0.4, 0.5) is 0 Å². The number of aliphatic hydroxyl groups is 1. The van der Waals surface area contributed by atoms with Crippen LogP contribution in [0.1, 0.15) is 30.5 Å². The summed E-state index contributed by atoms with van der Waals surface area (Å²) in [5.74, 6) is 1.57. The van der Waals surface area contributed by atoms with Crippen molar-refractivity contribution in [2.75, 3.05) is 20.2 Å². The molecule has 0 radical (unpaired) electrons. The molecule has 2 rings (SSSR count). The average Bonchev–Trinajstić information content (AvgIpc) is 3.13. The number of nitrogens with zero attached hydrogens (tertiary/aromatic N) is 1. The second-order valence-electron chi connectivity index (χ2n) is 6.14. The van der Waals surface area contributed by atoms with E-state index in [0.717, 1.165) is 29.0 Å². The molecule has 0 aliphatic heterocycles. The van der Waals surface area contributed by atoms with Crippen molar-refractivity contribution in [3.63, 3.8) is 0 Å². The second-order valence-corrected chi connectivity index (χ2v) is 6.92. The summed E-state index contributed by atoms with van der Waals surface area (Å²) in [7, 11) is 1.67. The Morgan fingerprint density at radius 2 is 2.12 bits per heavy atom. The van der Waals surface area contributed by atoms with E-state index in [1.165, 1.54) is 0 Å². The topological polar surface area (TPSA) is 65.9 Å². The number of benzene rings is 1. The molecule has 0 fully saturated rings. The van der Waals surface area contributed by atoms with E-state index in [-0.39, 0.29) is 0 Å². The first-order chi connectivity index (χ1) is 12.0. The molecule has 1 aromatic carbocycles. The first kappa shape index (κ1) is 19.3. The smallest absolute Gasteiger partial charge is 0.191 e. The minimum Gasteiger partial charge on any atom is -0.496 e. The van der Waals surface area contributed by atoms with Gasteiger partial charge in [0.25, 0.3) is 0 Å². The van der Waals surface area contributed by atoms with Gasteiger partial charge in [-0.25, -0.2) is 4.99 Å². The Hall–Kier alpha value is -2.05. The number of aliphatic imine (C=N–C) groups is 1. The van der Waals surface area contributed by atoms with Crippen molar-refractivity contribution in [3.05, 3.63) is 51.7 Å². The van der Waals surface area contributed by atoms with Crippen LogP contribution in [-0.4, -0.2) is 31.3 Å². The summed E-state index contributed by atoms with van der Waals surface area (Å²) in [6, 6.07) is 7.99. The predicted molar refractivity (Wildman–Crippen MR) is 104 cm³/mol. The molecular formula is C19H27N3O2S. The highest BCUT2D eigenvalue weighted by Gasteiger charge is 2.23. The van der Waals surface area contributed by atoms with Gasteiger partial charge in [-0.3, -0.25) is 0 Å². The molecule has 5 nitrogen and oxygen atoms in total. The first-order valence-electron chi connectivity index (χ1n) is 8.37. The largest absolute Gasteiger partial charge is 0.496 e. The lowest BCUT2D eigenvalue weighted by molar-refractivity contribution is 0.0621. The van der Waals surface area contributed by atoms with Gasteiger partial charge in [-0.05, 0) is 60.4 Å². The van der Waals surface area contributed by atoms with E-state index in [1.54, 1.807) is 25.4 Å². The standard InChI is InChI=1S/C19H27N3O2S/c1-5-20-18(22-13-19(3,23)16-8-9-25-12-16)21-11-15-6-7-17(24-4)14(2)10-15/h6-10,12,23H,5,11,13H2,1-4H3,(H2,20,21,22). The highest BCUT2D eigenvalue weighted by Crippen LogP contribution is 2.22. The molecule has 0 bridgehead atoms. The molecule has 0 aliphatic rings. The number of hydrogen-bond acceptors (Lipinski definition) is 4. The normalized spacial score (nSPS) is 14.0. The highest BCUT2D eigenvalue weighted by molar-refractivity contribution is 7.08. The monoisotopic (exact) mass is 361 g/mol. The van der Waals surface area contributed by atoms with Crippen molar-refractivity contribution in [2.24, 2.45) is 4.99 Å². The lowest BCUT2D eigenvalue weighted by Crippen LogP contribution is -2.44. The van der Waals surface area contributed by atoms with Gasteiger partial charge in [0.2, 0.25) is 0 Å². The van der Waals surface area contributed by atoms with E-state index < -0.39 is 5.60 Å². The van der Waals surface area contributed by atoms with Crippen molar-refractivity contribution in [3.8, 4) is 5.75 Å². The van der Waals surface area contributed by atoms with Crippen LogP contribution < -0.4 is 15.4 Å². The molecule has 6 heteroatoms. The predicted octanol–water partition coefficient (Wildman–Crippen LogP) is 3.03. The summed E-state index contributed by atoms with van der Waals surface area (Å²) in [4.78, 5) is 4.61. The number of ether oxygens (including phenoxy) is 1. The molecule has 136 valence electrons. The maximum atomic E-state index is 10.6. The minimum atomic E-state index is -0.938. The molecule has 0 spiro atoms. The Bertz CT molecular complexity index is 697. The van der Waals surface area contributed by atoms with Crippen LogP contribution in [0, 0.1) is 6.92 Å². The van der Waals surface area contributed by atoms with Gasteiger partial charge in [-0.1, -0.05) is 12.1 Å². The van der Waals surface area contributed by atoms with Crippen LogP contribution in [0.15, 0.2) is 40.0 Å². The lowest BCUT2D eigenvalue weighted by Gasteiger charge is -2.24. The lowest BCUT2D eigenvalue weighted by atomic mass is 9.99. The third-order valence-corrected chi connectivity index (χ3v) is 4.65. The fourth-order valence-electron chi connectivity index (χ4n) is 2.48. The summed E-state index contributed by atoms with van der Waals surface area (Å²) in [6.07, 6.45) is 0. The van der Waals surface area contributed by atoms with Gasteiger partial charge in [0, 0.05) is 6.54 Å². The Balaban J connectivity index is 2.02. The van der Waals surface area contributed by atoms with Crippen LogP contribution in [0.3, 0.4) is 0 Å². The maximum absolute atomic E-state index is 10.6. The van der Waals surface area contributed by atoms with Gasteiger partial charge in [0.1, 0.15) is 11.4 Å². The molecule has 1 atom stereocenters. The van der Waals surface area contributed by atoms with E-state index in [2.05, 4.69) is 21.7 Å². The SMILES string of the molecule is CCNC(=NCc1ccc(OC)c(C)c1)NCC(C)(O)c1ccsc1. The third kappa shape index (κ3) is 5.47. The van der Waals surface area contributed by atoms with Crippen LogP contribution >= 0.6 is 11.3 Å². The Morgan fingerprint density at radius 3 is 2.72 bits per heavy atom. The van der Waals surface area contributed by atoms with E-state index in [1.807, 2.05) is 42.8 Å². The third-order valence-electron chi connectivity index (χ3n) is 3.97. The molecule has 0 saturated heterocycles. The number of aryl methyl sites for hydroxylation is 1. The quantitative estimate of drug-likeness (QED) is 0.524. The van der Waals surface area contributed by atoms with Gasteiger partial charge in [-0.15, -0.1) is 0 Å². The van der Waals surface area contributed by atoms with E-state index in [9.17, 15) is 5.11 Å². The van der Waals surface area contributed by atoms with Crippen molar-refractivity contribution in [1.29, 1.82) is 0 Å². The molecule has 0 amide bonds. The average molecular weight is 362 g/mol. The van der Waals surface area contributed by atoms with Gasteiger partial charge in [-0.2, -0.15) is 11.3 Å². The van der Waals surface area contributed by atoms with E-state index in [0.29, 0.717) is 19.0 Å². The summed E-state index contributed by atoms with van der Waals surface area (Å²) in [5, 5.41) is 21.0. The Kier molecular flexibility index (Phi) is 6.84. The maximum Gasteiger partial charge on any atom is 0.191 e. The van der Waals surface area contributed by atoms with Gasteiger partial charge < -0.3 is 20.5 Å². The van der Waals surface area contributed by atoms with Crippen LogP contribution in [0.2, 0.25) is 0 Å². The van der Waals surface area contributed by atoms with Crippen molar-refractivity contribution >= 4 is 17.3 Å². The fourth-order valence-corrected chi connectivity index (χ4v) is 3.26. The highest BCUT2D eigenvalue weighted by atomic mass is 32.1. The Morgan fingerprint density at radius 1 is 1.32 bits per heavy atom. The van der Waals surface area contributed by atoms with Gasteiger partial charge in [0.15, 0.2) is 5.96 Å². The zero-order valence-corrected chi connectivity index (χ0v) is 16.1. The van der Waals surface area contributed by atoms with E-state index in [4.69, 9.17) is 4.74 Å². The number of rotatable bonds is 7. The molecule has 1 heterocycles. The summed E-state index contributed by atoms with van der Waals surface area (Å²) < 4.78 is 5.29. The zero-order chi connectivity index (χ0) is 18.3. The first-order valence-corrected chi connectivity index (χ1v) is 9.31. The van der Waals surface area contributed by atoms with Crippen LogP contribution in [-0.2, 0) is 12.1 Å². The van der Waals surface area contributed by atoms with Crippen LogP contribution in [0.25, 0.3) is 0 Å². The van der Waals surface area contributed by atoms with Gasteiger partial charge >= 0.3 is 0 Å². The number of hydrogen-bond donors (Lipinski definition) is 3. The van der Waals surface area contributed by atoms with Crippen LogP contribution in [0.5, 0.6) is 5.75 Å². The molecule has 2 aromatic rings. The second kappa shape index (κ2) is 8.87. The molecule has 1 unspecified atom stereocenters.